The number of carbonyl (C=O) groups excluding carboxylic acids is 1. The minimum absolute atomic E-state index is 0.0235. The summed E-state index contributed by atoms with van der Waals surface area (Å²) in [5, 5.41) is 0.659. The molecule has 0 unspecified atom stereocenters. The van der Waals surface area contributed by atoms with Crippen LogP contribution in [0.1, 0.15) is 35.1 Å². The predicted octanol–water partition coefficient (Wildman–Crippen LogP) is 5.25. The van der Waals surface area contributed by atoms with Crippen molar-refractivity contribution in [3.05, 3.63) is 83.2 Å². The summed E-state index contributed by atoms with van der Waals surface area (Å²) >= 11 is 1.52. The van der Waals surface area contributed by atoms with Gasteiger partial charge in [0.05, 0.1) is 21.7 Å². The summed E-state index contributed by atoms with van der Waals surface area (Å²) in [5.74, 6) is -0.305. The molecule has 0 atom stereocenters. The molecule has 2 aromatic heterocycles. The second-order valence-electron chi connectivity index (χ2n) is 9.70. The molecule has 1 aliphatic heterocycles. The summed E-state index contributed by atoms with van der Waals surface area (Å²) in [6.07, 6.45) is 4.41. The number of rotatable bonds is 6. The minimum Gasteiger partial charge on any atom is -0.283 e. The molecule has 0 spiro atoms. The second kappa shape index (κ2) is 10.3. The van der Waals surface area contributed by atoms with Gasteiger partial charge in [0.1, 0.15) is 0 Å². The van der Waals surface area contributed by atoms with Gasteiger partial charge in [0.25, 0.3) is 0 Å². The van der Waals surface area contributed by atoms with Crippen molar-refractivity contribution in [1.82, 2.24) is 14.3 Å². The van der Waals surface area contributed by atoms with E-state index in [1.165, 1.54) is 15.6 Å². The highest BCUT2D eigenvalue weighted by atomic mass is 32.2. The third kappa shape index (κ3) is 5.30. The SMILES string of the molecule is Cc1ccc(S(=O)(=O)N2CCC(C(=O)N(Cc3cccnc3)c3nc4c(C)cc(C)cc4s3)CC2)cc1. The highest BCUT2D eigenvalue weighted by Crippen LogP contribution is 2.34. The smallest absolute Gasteiger partial charge is 0.243 e. The first-order valence-electron chi connectivity index (χ1n) is 12.4. The lowest BCUT2D eigenvalue weighted by Crippen LogP contribution is -2.44. The van der Waals surface area contributed by atoms with Crippen LogP contribution in [0.15, 0.2) is 65.8 Å². The van der Waals surface area contributed by atoms with Crippen LogP contribution in [-0.2, 0) is 21.4 Å². The van der Waals surface area contributed by atoms with Crippen molar-refractivity contribution in [1.29, 1.82) is 0 Å². The maximum atomic E-state index is 13.9. The van der Waals surface area contributed by atoms with Crippen LogP contribution >= 0.6 is 11.3 Å². The van der Waals surface area contributed by atoms with Crippen LogP contribution in [0.5, 0.6) is 0 Å². The molecule has 0 bridgehead atoms. The highest BCUT2D eigenvalue weighted by molar-refractivity contribution is 7.89. The van der Waals surface area contributed by atoms with Crippen LogP contribution in [0.4, 0.5) is 5.13 Å². The number of aryl methyl sites for hydroxylation is 3. The van der Waals surface area contributed by atoms with Crippen molar-refractivity contribution in [3.8, 4) is 0 Å². The number of benzene rings is 2. The quantitative estimate of drug-likeness (QED) is 0.337. The van der Waals surface area contributed by atoms with Gasteiger partial charge < -0.3 is 0 Å². The van der Waals surface area contributed by atoms with E-state index in [0.29, 0.717) is 42.5 Å². The number of anilines is 1. The van der Waals surface area contributed by atoms with Crippen molar-refractivity contribution in [2.45, 2.75) is 45.1 Å². The summed E-state index contributed by atoms with van der Waals surface area (Å²) in [6.45, 7) is 7.02. The highest BCUT2D eigenvalue weighted by Gasteiger charge is 2.35. The number of piperidine rings is 1. The van der Waals surface area contributed by atoms with Gasteiger partial charge in [-0.25, -0.2) is 13.4 Å². The third-order valence-electron chi connectivity index (χ3n) is 6.84. The number of aromatic nitrogens is 2. The monoisotopic (exact) mass is 534 g/mol. The molecule has 4 aromatic rings. The summed E-state index contributed by atoms with van der Waals surface area (Å²) in [4.78, 5) is 25.0. The lowest BCUT2D eigenvalue weighted by molar-refractivity contribution is -0.123. The molecule has 1 saturated heterocycles. The lowest BCUT2D eigenvalue weighted by Gasteiger charge is -2.33. The largest absolute Gasteiger partial charge is 0.283 e. The van der Waals surface area contributed by atoms with Gasteiger partial charge in [-0.2, -0.15) is 4.31 Å². The van der Waals surface area contributed by atoms with E-state index in [4.69, 9.17) is 4.98 Å². The van der Waals surface area contributed by atoms with Crippen molar-refractivity contribution in [3.63, 3.8) is 0 Å². The molecule has 0 radical (unpaired) electrons. The van der Waals surface area contributed by atoms with Crippen LogP contribution in [0.2, 0.25) is 0 Å². The van der Waals surface area contributed by atoms with Gasteiger partial charge in [0.2, 0.25) is 15.9 Å². The second-order valence-corrected chi connectivity index (χ2v) is 12.6. The number of fused-ring (bicyclic) bond motifs is 1. The van der Waals surface area contributed by atoms with Crippen molar-refractivity contribution >= 4 is 42.6 Å². The van der Waals surface area contributed by atoms with E-state index in [0.717, 1.165) is 32.5 Å². The van der Waals surface area contributed by atoms with Gasteiger partial charge >= 0.3 is 0 Å². The molecular formula is C28H30N4O3S2. The standard InChI is InChI=1S/C28H30N4O3S2/c1-19-6-8-24(9-7-19)37(34,35)31-13-10-23(11-14-31)27(33)32(18-22-5-4-12-29-17-22)28-30-26-21(3)15-20(2)16-25(26)36-28/h4-9,12,15-17,23H,10-11,13-14,18H2,1-3H3. The van der Waals surface area contributed by atoms with Crippen LogP contribution in [-0.4, -0.2) is 41.7 Å². The van der Waals surface area contributed by atoms with Gasteiger partial charge in [-0.05, 0) is 74.6 Å². The fourth-order valence-electron chi connectivity index (χ4n) is 4.81. The summed E-state index contributed by atoms with van der Waals surface area (Å²) < 4.78 is 28.8. The predicted molar refractivity (Wildman–Crippen MR) is 147 cm³/mol. The normalized spacial score (nSPS) is 15.2. The Balaban J connectivity index is 1.39. The Morgan fingerprint density at radius 2 is 1.78 bits per heavy atom. The van der Waals surface area contributed by atoms with E-state index < -0.39 is 10.0 Å². The molecule has 0 saturated carbocycles. The van der Waals surface area contributed by atoms with E-state index in [1.54, 1.807) is 41.6 Å². The molecule has 2 aromatic carbocycles. The minimum atomic E-state index is -3.59. The maximum Gasteiger partial charge on any atom is 0.243 e. The maximum absolute atomic E-state index is 13.9. The van der Waals surface area contributed by atoms with E-state index in [2.05, 4.69) is 24.0 Å². The molecule has 9 heteroatoms. The number of sulfonamides is 1. The summed E-state index contributed by atoms with van der Waals surface area (Å²) in [5.41, 5.74) is 5.08. The number of thiazole rings is 1. The Kier molecular flexibility index (Phi) is 7.11. The van der Waals surface area contributed by atoms with Gasteiger partial charge in [0.15, 0.2) is 5.13 Å². The number of pyridine rings is 1. The molecule has 0 N–H and O–H groups in total. The Labute approximate surface area is 221 Å². The Morgan fingerprint density at radius 3 is 2.46 bits per heavy atom. The Bertz CT molecular complexity index is 1530. The van der Waals surface area contributed by atoms with E-state index >= 15 is 0 Å². The topological polar surface area (TPSA) is 83.5 Å². The molecule has 1 fully saturated rings. The van der Waals surface area contributed by atoms with Crippen LogP contribution in [0.25, 0.3) is 10.2 Å². The molecule has 192 valence electrons. The van der Waals surface area contributed by atoms with Crippen LogP contribution in [0, 0.1) is 26.7 Å². The first kappa shape index (κ1) is 25.5. The third-order valence-corrected chi connectivity index (χ3v) is 9.78. The average molecular weight is 535 g/mol. The number of amides is 1. The fraction of sp³-hybridized carbons (Fsp3) is 0.321. The fourth-order valence-corrected chi connectivity index (χ4v) is 7.43. The van der Waals surface area contributed by atoms with E-state index in [1.807, 2.05) is 26.0 Å². The molecular weight excluding hydrogens is 504 g/mol. The molecule has 37 heavy (non-hydrogen) atoms. The van der Waals surface area contributed by atoms with Gasteiger partial charge in [-0.3, -0.25) is 14.7 Å². The number of carbonyl (C=O) groups is 1. The first-order valence-corrected chi connectivity index (χ1v) is 14.6. The van der Waals surface area contributed by atoms with Crippen molar-refractivity contribution < 1.29 is 13.2 Å². The number of hydrogen-bond donors (Lipinski definition) is 0. The van der Waals surface area contributed by atoms with Crippen LogP contribution < -0.4 is 4.90 Å². The zero-order valence-corrected chi connectivity index (χ0v) is 22.8. The molecule has 7 nitrogen and oxygen atoms in total. The van der Waals surface area contributed by atoms with Crippen LogP contribution in [0.3, 0.4) is 0 Å². The summed E-state index contributed by atoms with van der Waals surface area (Å²) in [6, 6.07) is 14.9. The van der Waals surface area contributed by atoms with E-state index in [-0.39, 0.29) is 11.8 Å². The Morgan fingerprint density at radius 1 is 1.05 bits per heavy atom. The molecule has 0 aliphatic carbocycles. The molecule has 3 heterocycles. The molecule has 5 rings (SSSR count). The average Bonchev–Trinajstić information content (AvgIpc) is 3.32. The Hall–Kier alpha value is -3.14. The van der Waals surface area contributed by atoms with E-state index in [9.17, 15) is 13.2 Å². The first-order chi connectivity index (χ1) is 17.7. The lowest BCUT2D eigenvalue weighted by atomic mass is 9.96. The van der Waals surface area contributed by atoms with Gasteiger partial charge in [-0.1, -0.05) is 41.2 Å². The van der Waals surface area contributed by atoms with Gasteiger partial charge in [0, 0.05) is 31.4 Å². The number of hydrogen-bond acceptors (Lipinski definition) is 6. The number of nitrogens with zero attached hydrogens (tertiary/aromatic N) is 4. The zero-order chi connectivity index (χ0) is 26.2. The molecule has 1 aliphatic rings. The zero-order valence-electron chi connectivity index (χ0n) is 21.2. The summed E-state index contributed by atoms with van der Waals surface area (Å²) in [7, 11) is -3.59. The van der Waals surface area contributed by atoms with Gasteiger partial charge in [-0.15, -0.1) is 0 Å². The van der Waals surface area contributed by atoms with Crippen molar-refractivity contribution in [2.75, 3.05) is 18.0 Å². The molecule has 1 amide bonds. The van der Waals surface area contributed by atoms with Crippen molar-refractivity contribution in [2.24, 2.45) is 5.92 Å².